The van der Waals surface area contributed by atoms with E-state index in [9.17, 15) is 78.0 Å². The number of nitrogens with two attached hydrogens (primary N) is 8. The second-order valence-electron chi connectivity index (χ2n) is 30.6. The molecular weight excluding hydrogens is 1580 g/mol. The van der Waals surface area contributed by atoms with Crippen LogP contribution in [0.5, 0.6) is 23.0 Å². The molecule has 0 aliphatic rings. The molecule has 4 aromatic rings. The maximum atomic E-state index is 14.7. The lowest BCUT2D eigenvalue weighted by molar-refractivity contribution is -0.135. The van der Waals surface area contributed by atoms with Gasteiger partial charge in [0, 0.05) is 51.9 Å². The summed E-state index contributed by atoms with van der Waals surface area (Å²) in [5, 5.41) is 108. The summed E-state index contributed by atoms with van der Waals surface area (Å²) >= 11 is 0. The number of amides is 12. The van der Waals surface area contributed by atoms with Crippen LogP contribution in [0, 0.1) is 33.5 Å². The third-order valence-electron chi connectivity index (χ3n) is 19.2. The van der Waals surface area contributed by atoms with Crippen molar-refractivity contribution in [2.45, 2.75) is 216 Å². The van der Waals surface area contributed by atoms with Crippen LogP contribution in [-0.4, -0.2) is 214 Å². The number of guanidine groups is 4. The Morgan fingerprint density at radius 1 is 0.270 bits per heavy atom. The van der Waals surface area contributed by atoms with Crippen LogP contribution in [-0.2, 0) is 83.2 Å². The van der Waals surface area contributed by atoms with E-state index in [1.54, 1.807) is 27.7 Å². The van der Waals surface area contributed by atoms with Crippen LogP contribution >= 0.6 is 0 Å². The summed E-state index contributed by atoms with van der Waals surface area (Å²) in [6.45, 7) is 7.35. The van der Waals surface area contributed by atoms with E-state index in [0.29, 0.717) is 22.3 Å². The Morgan fingerprint density at radius 2 is 0.459 bits per heavy atom. The minimum atomic E-state index is -1.46. The minimum Gasteiger partial charge on any atom is -0.508 e. The van der Waals surface area contributed by atoms with Gasteiger partial charge in [-0.1, -0.05) is 89.1 Å². The quantitative estimate of drug-likeness (QED) is 0.0114. The van der Waals surface area contributed by atoms with Crippen molar-refractivity contribution in [2.24, 2.45) is 57.7 Å². The van der Waals surface area contributed by atoms with Crippen LogP contribution in [0.25, 0.3) is 0 Å². The van der Waals surface area contributed by atoms with E-state index in [-0.39, 0.29) is 200 Å². The molecule has 38 N–H and O–H groups in total. The van der Waals surface area contributed by atoms with E-state index < -0.39 is 143 Å². The SMILES string of the molecule is CC(C)C[C@H](NC(=O)[C@H](CCCNC(=N)N)NC(=O)[C@H](Cc1ccc(O)cc1)NC(=O)C(N)CCCCC(N)C(=O)N[C@@H](Cc1ccc(O)cc1)C(=O)N[C@@H](CCCNC(=N)N)C(=O)N[C@@H](CC(C)C)C(=O)N[C@@H](CCCNC(=N)N)C(=O)N[C@@H](Cc1ccc(O)cc1)C(N)=O)C(=O)N[C@@H](CCCNC(=N)N)C(=O)N[C@@H](Cc1ccc(O)cc1)C(N)=O. The molecular formula is C80H124N26O16. The number of carbonyl (C=O) groups excluding carboxylic acids is 12. The van der Waals surface area contributed by atoms with Crippen molar-refractivity contribution in [3.05, 3.63) is 119 Å². The molecule has 42 nitrogen and oxygen atoms in total. The van der Waals surface area contributed by atoms with Crippen molar-refractivity contribution in [1.29, 1.82) is 21.6 Å². The number of phenols is 4. The van der Waals surface area contributed by atoms with E-state index in [2.05, 4.69) is 74.4 Å². The number of unbranched alkanes of at least 4 members (excludes halogenated alkanes) is 1. The lowest BCUT2D eigenvalue weighted by Crippen LogP contribution is -2.60. The summed E-state index contributed by atoms with van der Waals surface area (Å²) < 4.78 is 0. The van der Waals surface area contributed by atoms with E-state index in [4.69, 9.17) is 67.5 Å². The van der Waals surface area contributed by atoms with Crippen molar-refractivity contribution >= 4 is 94.7 Å². The fourth-order valence-electron chi connectivity index (χ4n) is 12.7. The highest BCUT2D eigenvalue weighted by Gasteiger charge is 2.37. The number of hydrogen-bond acceptors (Lipinski definition) is 22. The van der Waals surface area contributed by atoms with Gasteiger partial charge < -0.3 is 141 Å². The minimum absolute atomic E-state index is 0.00811. The molecule has 670 valence electrons. The maximum absolute atomic E-state index is 14.7. The first kappa shape index (κ1) is 101. The van der Waals surface area contributed by atoms with Crippen LogP contribution in [0.2, 0.25) is 0 Å². The number of primary amides is 2. The standard InChI is InChI=1S/C80H124N26O16/c1-43(2)37-61(73(119)97-55(13-7-33-93-77(85)86)69(115)101-59(65(83)111)39-45-17-25-49(107)26-18-45)105-71(117)57(15-9-35-95-79(89)90)99-75(121)63(41-47-21-29-51(109)30-22-47)103-67(113)53(81)11-5-6-12-54(82)68(114)104-64(42-48-23-31-52(110)32-24-48)76(122)100-58(16-10-36-96-80(91)92)72(118)106-62(38-44(3)4)74(120)98-56(14-8-34-94-78(87)88)70(116)102-60(66(84)112)40-46-19-27-50(108)28-20-46/h17-32,43-44,53-64,107-110H,5-16,33-42,81-82H2,1-4H3,(H2,83,111)(H2,84,112)(H,97,119)(H,98,120)(H,99,121)(H,100,122)(H,101,115)(H,102,116)(H,103,113)(H,104,114)(H,105,117)(H,106,118)(H4,85,86,93)(H4,87,88,94)(H4,89,90,95)(H4,91,92,96)/t53?,54?,55-,56-,57-,58-,59-,60-,61-,62-,63-,64-/m0/s1. The van der Waals surface area contributed by atoms with Crippen molar-refractivity contribution in [2.75, 3.05) is 26.2 Å². The number of phenolic OH excluding ortho intramolecular Hbond substituents is 4. The number of hydrogen-bond donors (Lipinski definition) is 30. The van der Waals surface area contributed by atoms with Gasteiger partial charge in [-0.05, 0) is 160 Å². The van der Waals surface area contributed by atoms with Gasteiger partial charge in [-0.2, -0.15) is 0 Å². The van der Waals surface area contributed by atoms with Crippen molar-refractivity contribution in [1.82, 2.24) is 74.4 Å². The van der Waals surface area contributed by atoms with Gasteiger partial charge >= 0.3 is 0 Å². The fraction of sp³-hybridized carbons (Fsp3) is 0.500. The average molecular weight is 1710 g/mol. The number of nitrogens with one attached hydrogen (secondary N) is 18. The fourth-order valence-corrected chi connectivity index (χ4v) is 12.7. The Bertz CT molecular complexity index is 3880. The molecule has 2 unspecified atom stereocenters. The van der Waals surface area contributed by atoms with Gasteiger partial charge in [0.2, 0.25) is 70.9 Å². The van der Waals surface area contributed by atoms with Gasteiger partial charge in [0.15, 0.2) is 23.8 Å². The molecule has 0 saturated heterocycles. The molecule has 42 heteroatoms. The molecule has 12 amide bonds. The Hall–Kier alpha value is -13.3. The van der Waals surface area contributed by atoms with E-state index in [0.717, 1.165) is 0 Å². The van der Waals surface area contributed by atoms with Crippen molar-refractivity contribution < 1.29 is 78.0 Å². The topological polar surface area (TPSA) is 758 Å². The zero-order valence-corrected chi connectivity index (χ0v) is 69.2. The zero-order chi connectivity index (χ0) is 90.7. The Balaban J connectivity index is 1.55. The molecule has 4 aromatic carbocycles. The molecule has 0 aromatic heterocycles. The zero-order valence-electron chi connectivity index (χ0n) is 69.2. The molecule has 0 bridgehead atoms. The van der Waals surface area contributed by atoms with Crippen LogP contribution in [0.15, 0.2) is 97.1 Å². The van der Waals surface area contributed by atoms with Crippen LogP contribution in [0.3, 0.4) is 0 Å². The Kier molecular flexibility index (Phi) is 43.6. The van der Waals surface area contributed by atoms with Gasteiger partial charge in [-0.3, -0.25) is 79.2 Å². The van der Waals surface area contributed by atoms with E-state index in [1.807, 2.05) is 0 Å². The molecule has 0 heterocycles. The highest BCUT2D eigenvalue weighted by atomic mass is 16.3. The third kappa shape index (κ3) is 39.5. The number of rotatable bonds is 55. The molecule has 0 fully saturated rings. The highest BCUT2D eigenvalue weighted by Crippen LogP contribution is 2.19. The van der Waals surface area contributed by atoms with Gasteiger partial charge in [0.05, 0.1) is 12.1 Å². The molecule has 0 saturated carbocycles. The summed E-state index contributed by atoms with van der Waals surface area (Å²) in [6.07, 6.45) is -0.269. The second kappa shape index (κ2) is 52.6. The number of aromatic hydroxyl groups is 4. The Labute approximate surface area is 707 Å². The summed E-state index contributed by atoms with van der Waals surface area (Å²) in [4.78, 5) is 170. The first-order chi connectivity index (χ1) is 57.7. The lowest BCUT2D eigenvalue weighted by Gasteiger charge is -2.28. The van der Waals surface area contributed by atoms with Gasteiger partial charge in [-0.25, -0.2) is 0 Å². The maximum Gasteiger partial charge on any atom is 0.243 e. The molecule has 0 radical (unpaired) electrons. The first-order valence-corrected chi connectivity index (χ1v) is 40.2. The third-order valence-corrected chi connectivity index (χ3v) is 19.2. The molecule has 4 rings (SSSR count). The smallest absolute Gasteiger partial charge is 0.243 e. The largest absolute Gasteiger partial charge is 0.508 e. The number of benzene rings is 4. The monoisotopic (exact) mass is 1700 g/mol. The highest BCUT2D eigenvalue weighted by molar-refractivity contribution is 5.99. The average Bonchev–Trinajstić information content (AvgIpc) is 0.814. The summed E-state index contributed by atoms with van der Waals surface area (Å²) in [7, 11) is 0. The second-order valence-corrected chi connectivity index (χ2v) is 30.6. The normalized spacial score (nSPS) is 14.0. The molecule has 0 spiro atoms. The number of carbonyl (C=O) groups is 12. The molecule has 0 aliphatic carbocycles. The van der Waals surface area contributed by atoms with E-state index >= 15 is 0 Å². The first-order valence-electron chi connectivity index (χ1n) is 40.2. The van der Waals surface area contributed by atoms with Gasteiger partial charge in [0.25, 0.3) is 0 Å². The Morgan fingerprint density at radius 3 is 0.672 bits per heavy atom. The lowest BCUT2D eigenvalue weighted by atomic mass is 10.00. The van der Waals surface area contributed by atoms with Crippen molar-refractivity contribution in [3.8, 4) is 23.0 Å². The molecule has 122 heavy (non-hydrogen) atoms. The van der Waals surface area contributed by atoms with Crippen LogP contribution < -0.4 is 120 Å². The van der Waals surface area contributed by atoms with Crippen LogP contribution in [0.1, 0.15) is 140 Å². The van der Waals surface area contributed by atoms with Gasteiger partial charge in [-0.15, -0.1) is 0 Å². The predicted molar refractivity (Wildman–Crippen MR) is 455 cm³/mol. The predicted octanol–water partition coefficient (Wildman–Crippen LogP) is -4.04. The summed E-state index contributed by atoms with van der Waals surface area (Å²) in [6, 6.07) is 6.59. The van der Waals surface area contributed by atoms with Gasteiger partial charge in [0.1, 0.15) is 83.4 Å². The van der Waals surface area contributed by atoms with Crippen molar-refractivity contribution in [3.63, 3.8) is 0 Å². The molecule has 0 aliphatic heterocycles. The van der Waals surface area contributed by atoms with Crippen LogP contribution in [0.4, 0.5) is 0 Å². The molecule has 12 atom stereocenters. The summed E-state index contributed by atoms with van der Waals surface area (Å²) in [5.74, 6) is -12.7. The summed E-state index contributed by atoms with van der Waals surface area (Å²) in [5.41, 5.74) is 48.5. The van der Waals surface area contributed by atoms with E-state index in [1.165, 1.54) is 97.1 Å².